The SMILES string of the molecule is COc1c(C)c(CN[C@@H]2CCCC[C@H]2NCc2c(C)c(OC)c(OC)c(OC)c2OC)c(OC)c(OC)c1OC. The molecule has 0 saturated heterocycles. The molecule has 1 fully saturated rings. The lowest BCUT2D eigenvalue weighted by atomic mass is 9.89. The van der Waals surface area contributed by atoms with E-state index in [2.05, 4.69) is 10.6 Å². The molecule has 10 heteroatoms. The van der Waals surface area contributed by atoms with E-state index in [0.717, 1.165) is 47.9 Å². The second kappa shape index (κ2) is 14.4. The van der Waals surface area contributed by atoms with Gasteiger partial charge in [0.25, 0.3) is 0 Å². The number of methoxy groups -OCH3 is 8. The summed E-state index contributed by atoms with van der Waals surface area (Å²) in [6.07, 6.45) is 4.42. The van der Waals surface area contributed by atoms with Crippen molar-refractivity contribution in [2.75, 3.05) is 56.9 Å². The summed E-state index contributed by atoms with van der Waals surface area (Å²) in [5.74, 6) is 4.65. The van der Waals surface area contributed by atoms with Gasteiger partial charge >= 0.3 is 0 Å². The van der Waals surface area contributed by atoms with Gasteiger partial charge in [-0.05, 0) is 26.7 Å². The molecule has 40 heavy (non-hydrogen) atoms. The fraction of sp³-hybridized carbons (Fsp3) is 0.600. The summed E-state index contributed by atoms with van der Waals surface area (Å²) in [4.78, 5) is 0. The summed E-state index contributed by atoms with van der Waals surface area (Å²) < 4.78 is 45.5. The van der Waals surface area contributed by atoms with Crippen LogP contribution in [0.25, 0.3) is 0 Å². The highest BCUT2D eigenvalue weighted by Crippen LogP contribution is 2.50. The van der Waals surface area contributed by atoms with E-state index >= 15 is 0 Å². The first-order valence-electron chi connectivity index (χ1n) is 13.5. The molecular formula is C30H46N2O8. The molecule has 0 amide bonds. The van der Waals surface area contributed by atoms with Gasteiger partial charge in [-0.25, -0.2) is 0 Å². The third-order valence-corrected chi connectivity index (χ3v) is 7.85. The van der Waals surface area contributed by atoms with Crippen molar-refractivity contribution in [3.8, 4) is 46.0 Å². The summed E-state index contributed by atoms with van der Waals surface area (Å²) in [7, 11) is 13.0. The minimum atomic E-state index is 0.241. The lowest BCUT2D eigenvalue weighted by Gasteiger charge is -2.34. The first-order valence-corrected chi connectivity index (χ1v) is 13.5. The predicted molar refractivity (Wildman–Crippen MR) is 154 cm³/mol. The largest absolute Gasteiger partial charge is 0.492 e. The molecule has 0 spiro atoms. The van der Waals surface area contributed by atoms with Crippen LogP contribution in [-0.2, 0) is 13.1 Å². The average molecular weight is 563 g/mol. The lowest BCUT2D eigenvalue weighted by Crippen LogP contribution is -2.49. The van der Waals surface area contributed by atoms with Crippen LogP contribution in [-0.4, -0.2) is 69.0 Å². The Morgan fingerprint density at radius 3 is 1.00 bits per heavy atom. The molecule has 0 aliphatic heterocycles. The van der Waals surface area contributed by atoms with Gasteiger partial charge in [-0.1, -0.05) is 12.8 Å². The van der Waals surface area contributed by atoms with Crippen LogP contribution in [0.5, 0.6) is 46.0 Å². The van der Waals surface area contributed by atoms with Crippen LogP contribution in [0.2, 0.25) is 0 Å². The first kappa shape index (κ1) is 31.3. The van der Waals surface area contributed by atoms with Crippen LogP contribution in [0.1, 0.15) is 47.9 Å². The maximum absolute atomic E-state index is 5.80. The van der Waals surface area contributed by atoms with Gasteiger partial charge in [0.15, 0.2) is 23.0 Å². The smallest absolute Gasteiger partial charge is 0.207 e. The Morgan fingerprint density at radius 2 is 0.725 bits per heavy atom. The molecule has 0 unspecified atom stereocenters. The fourth-order valence-electron chi connectivity index (χ4n) is 5.82. The fourth-order valence-corrected chi connectivity index (χ4v) is 5.82. The van der Waals surface area contributed by atoms with Gasteiger partial charge in [0.05, 0.1) is 56.9 Å². The molecule has 224 valence electrons. The quantitative estimate of drug-likeness (QED) is 0.341. The van der Waals surface area contributed by atoms with E-state index in [0.29, 0.717) is 59.1 Å². The topological polar surface area (TPSA) is 97.9 Å². The number of benzene rings is 2. The van der Waals surface area contributed by atoms with Gasteiger partial charge in [0.2, 0.25) is 23.0 Å². The molecule has 1 aliphatic carbocycles. The standard InChI is InChI=1S/C30H46N2O8/c1-17-19(25(35-5)29(39-9)27(37-7)23(17)33-3)15-31-21-13-11-12-14-22(21)32-16-20-18(2)24(34-4)28(38-8)30(40-10)26(20)36-6/h21-22,31-32H,11-16H2,1-10H3/t21-,22-/m1/s1. The summed E-state index contributed by atoms with van der Waals surface area (Å²) in [6.45, 7) is 5.19. The lowest BCUT2D eigenvalue weighted by molar-refractivity contribution is 0.273. The van der Waals surface area contributed by atoms with Crippen LogP contribution in [0.4, 0.5) is 0 Å². The highest BCUT2D eigenvalue weighted by atomic mass is 16.6. The Balaban J connectivity index is 1.88. The molecule has 1 saturated carbocycles. The van der Waals surface area contributed by atoms with Crippen LogP contribution in [0, 0.1) is 13.8 Å². The molecule has 0 heterocycles. The highest BCUT2D eigenvalue weighted by Gasteiger charge is 2.30. The van der Waals surface area contributed by atoms with E-state index in [1.165, 1.54) is 0 Å². The van der Waals surface area contributed by atoms with E-state index in [-0.39, 0.29) is 12.1 Å². The van der Waals surface area contributed by atoms with E-state index in [9.17, 15) is 0 Å². The molecule has 2 N–H and O–H groups in total. The van der Waals surface area contributed by atoms with Gasteiger partial charge in [0, 0.05) is 47.4 Å². The number of hydrogen-bond donors (Lipinski definition) is 2. The maximum Gasteiger partial charge on any atom is 0.207 e. The van der Waals surface area contributed by atoms with Gasteiger partial charge in [-0.2, -0.15) is 0 Å². The van der Waals surface area contributed by atoms with Crippen LogP contribution in [0.15, 0.2) is 0 Å². The van der Waals surface area contributed by atoms with Crippen LogP contribution < -0.4 is 48.5 Å². The number of rotatable bonds is 14. The Labute approximate surface area is 238 Å². The summed E-state index contributed by atoms with van der Waals surface area (Å²) in [5.41, 5.74) is 3.84. The van der Waals surface area contributed by atoms with E-state index in [4.69, 9.17) is 37.9 Å². The Hall–Kier alpha value is -3.24. The minimum Gasteiger partial charge on any atom is -0.492 e. The number of hydrogen-bond acceptors (Lipinski definition) is 10. The van der Waals surface area contributed by atoms with E-state index in [1.807, 2.05) is 13.8 Å². The van der Waals surface area contributed by atoms with Crippen molar-refractivity contribution in [3.63, 3.8) is 0 Å². The van der Waals surface area contributed by atoms with Gasteiger partial charge < -0.3 is 48.5 Å². The Morgan fingerprint density at radius 1 is 0.450 bits per heavy atom. The van der Waals surface area contributed by atoms with Crippen molar-refractivity contribution in [3.05, 3.63) is 22.3 Å². The minimum absolute atomic E-state index is 0.241. The Bertz CT molecular complexity index is 1060. The molecule has 2 aromatic rings. The molecule has 3 rings (SSSR count). The molecule has 1 aliphatic rings. The molecule has 2 aromatic carbocycles. The highest BCUT2D eigenvalue weighted by molar-refractivity contribution is 5.67. The van der Waals surface area contributed by atoms with E-state index < -0.39 is 0 Å². The predicted octanol–water partition coefficient (Wildman–Crippen LogP) is 4.56. The van der Waals surface area contributed by atoms with Gasteiger partial charge in [-0.3, -0.25) is 0 Å². The normalized spacial score (nSPS) is 16.8. The third kappa shape index (κ3) is 5.93. The van der Waals surface area contributed by atoms with Crippen molar-refractivity contribution < 1.29 is 37.9 Å². The molecule has 2 atom stereocenters. The van der Waals surface area contributed by atoms with Gasteiger partial charge in [-0.15, -0.1) is 0 Å². The zero-order chi connectivity index (χ0) is 29.4. The molecule has 10 nitrogen and oxygen atoms in total. The van der Waals surface area contributed by atoms with Crippen molar-refractivity contribution in [2.24, 2.45) is 0 Å². The van der Waals surface area contributed by atoms with Crippen LogP contribution in [0.3, 0.4) is 0 Å². The molecule has 0 aromatic heterocycles. The van der Waals surface area contributed by atoms with Crippen LogP contribution >= 0.6 is 0 Å². The van der Waals surface area contributed by atoms with Crippen molar-refractivity contribution >= 4 is 0 Å². The Kier molecular flexibility index (Phi) is 11.3. The van der Waals surface area contributed by atoms with Crippen molar-refractivity contribution in [1.29, 1.82) is 0 Å². The summed E-state index contributed by atoms with van der Waals surface area (Å²) in [6, 6.07) is 0.482. The summed E-state index contributed by atoms with van der Waals surface area (Å²) >= 11 is 0. The molecule has 0 bridgehead atoms. The average Bonchev–Trinajstić information content (AvgIpc) is 2.98. The number of nitrogens with one attached hydrogen (secondary N) is 2. The monoisotopic (exact) mass is 562 g/mol. The van der Waals surface area contributed by atoms with E-state index in [1.54, 1.807) is 56.9 Å². The zero-order valence-electron chi connectivity index (χ0n) is 25.7. The third-order valence-electron chi connectivity index (χ3n) is 7.85. The second-order valence-corrected chi connectivity index (χ2v) is 9.73. The van der Waals surface area contributed by atoms with Crippen molar-refractivity contribution in [2.45, 2.75) is 64.7 Å². The molecule has 0 radical (unpaired) electrons. The second-order valence-electron chi connectivity index (χ2n) is 9.73. The zero-order valence-corrected chi connectivity index (χ0v) is 25.7. The summed E-state index contributed by atoms with van der Waals surface area (Å²) in [5, 5.41) is 7.58. The number of ether oxygens (including phenoxy) is 8. The first-order chi connectivity index (χ1) is 19.4. The van der Waals surface area contributed by atoms with Crippen molar-refractivity contribution in [1.82, 2.24) is 10.6 Å². The maximum atomic E-state index is 5.80. The molecular weight excluding hydrogens is 516 g/mol. The van der Waals surface area contributed by atoms with Gasteiger partial charge in [0.1, 0.15) is 0 Å².